The molecule has 0 bridgehead atoms. The normalized spacial score (nSPS) is 45.3. The number of fused-ring (bicyclic) bond motifs is 1. The molecule has 4 atom stereocenters. The van der Waals surface area contributed by atoms with Gasteiger partial charge < -0.3 is 5.73 Å². The fraction of sp³-hybridized carbons (Fsp3) is 1.00. The molecule has 3 rings (SSSR count). The van der Waals surface area contributed by atoms with Crippen molar-refractivity contribution < 1.29 is 0 Å². The molecule has 19 heavy (non-hydrogen) atoms. The molecular weight excluding hydrogens is 254 g/mol. The van der Waals surface area contributed by atoms with Gasteiger partial charge in [-0.05, 0) is 32.7 Å². The first-order valence-electron chi connectivity index (χ1n) is 7.97. The molecule has 110 valence electrons. The number of piperazine rings is 1. The van der Waals surface area contributed by atoms with Crippen molar-refractivity contribution in [2.24, 2.45) is 5.73 Å². The summed E-state index contributed by atoms with van der Waals surface area (Å²) in [5.41, 5.74) is 6.51. The number of hydrogen-bond donors (Lipinski definition) is 1. The average molecular weight is 283 g/mol. The monoisotopic (exact) mass is 283 g/mol. The predicted molar refractivity (Wildman–Crippen MR) is 83.7 cm³/mol. The minimum Gasteiger partial charge on any atom is -0.329 e. The van der Waals surface area contributed by atoms with Gasteiger partial charge in [0.25, 0.3) is 0 Å². The summed E-state index contributed by atoms with van der Waals surface area (Å²) in [6.45, 7) is 9.45. The first kappa shape index (κ1) is 14.2. The van der Waals surface area contributed by atoms with Gasteiger partial charge in [-0.1, -0.05) is 13.3 Å². The highest BCUT2D eigenvalue weighted by Gasteiger charge is 2.47. The van der Waals surface area contributed by atoms with Crippen molar-refractivity contribution in [2.75, 3.05) is 31.9 Å². The maximum Gasteiger partial charge on any atom is 0.0436 e. The third-order valence-corrected chi connectivity index (χ3v) is 6.92. The van der Waals surface area contributed by atoms with E-state index in [0.717, 1.165) is 17.8 Å². The van der Waals surface area contributed by atoms with Gasteiger partial charge in [0.05, 0.1) is 0 Å². The van der Waals surface area contributed by atoms with Crippen LogP contribution in [-0.4, -0.2) is 64.6 Å². The number of nitrogens with two attached hydrogens (primary N) is 1. The molecule has 3 nitrogen and oxygen atoms in total. The summed E-state index contributed by atoms with van der Waals surface area (Å²) < 4.78 is 0. The van der Waals surface area contributed by atoms with Gasteiger partial charge in [-0.15, -0.1) is 0 Å². The zero-order chi connectivity index (χ0) is 13.5. The van der Waals surface area contributed by atoms with E-state index in [0.29, 0.717) is 6.04 Å². The smallest absolute Gasteiger partial charge is 0.0436 e. The highest BCUT2D eigenvalue weighted by molar-refractivity contribution is 8.00. The van der Waals surface area contributed by atoms with Crippen molar-refractivity contribution in [3.63, 3.8) is 0 Å². The van der Waals surface area contributed by atoms with E-state index in [1.165, 1.54) is 51.1 Å². The van der Waals surface area contributed by atoms with E-state index in [-0.39, 0.29) is 5.54 Å². The lowest BCUT2D eigenvalue weighted by Gasteiger charge is -2.53. The molecule has 3 heterocycles. The van der Waals surface area contributed by atoms with E-state index < -0.39 is 0 Å². The number of hydrogen-bond acceptors (Lipinski definition) is 4. The zero-order valence-corrected chi connectivity index (χ0v) is 13.3. The van der Waals surface area contributed by atoms with E-state index in [9.17, 15) is 0 Å². The topological polar surface area (TPSA) is 32.5 Å². The maximum atomic E-state index is 6.22. The van der Waals surface area contributed by atoms with Crippen LogP contribution in [0.4, 0.5) is 0 Å². The Labute approximate surface area is 122 Å². The van der Waals surface area contributed by atoms with Gasteiger partial charge in [0, 0.05) is 48.3 Å². The highest BCUT2D eigenvalue weighted by Crippen LogP contribution is 2.41. The zero-order valence-electron chi connectivity index (χ0n) is 12.5. The van der Waals surface area contributed by atoms with Gasteiger partial charge in [-0.3, -0.25) is 9.80 Å². The van der Waals surface area contributed by atoms with Gasteiger partial charge in [-0.25, -0.2) is 0 Å². The molecule has 0 aromatic rings. The quantitative estimate of drug-likeness (QED) is 0.837. The molecule has 3 aliphatic heterocycles. The fourth-order valence-electron chi connectivity index (χ4n) is 4.42. The van der Waals surface area contributed by atoms with Crippen LogP contribution in [0.5, 0.6) is 0 Å². The van der Waals surface area contributed by atoms with Crippen molar-refractivity contribution in [2.45, 2.75) is 62.4 Å². The summed E-state index contributed by atoms with van der Waals surface area (Å²) in [6.07, 6.45) is 5.50. The molecular formula is C15H29N3S. The third-order valence-electron chi connectivity index (χ3n) is 5.48. The molecule has 0 amide bonds. The van der Waals surface area contributed by atoms with E-state index in [1.807, 2.05) is 0 Å². The summed E-state index contributed by atoms with van der Waals surface area (Å²) in [5, 5.41) is 0.778. The van der Waals surface area contributed by atoms with Crippen molar-refractivity contribution in [1.29, 1.82) is 0 Å². The summed E-state index contributed by atoms with van der Waals surface area (Å²) >= 11 is 2.12. The minimum atomic E-state index is 0.285. The molecule has 0 spiro atoms. The Balaban J connectivity index is 1.76. The second kappa shape index (κ2) is 5.55. The maximum absolute atomic E-state index is 6.22. The Morgan fingerprint density at radius 3 is 2.79 bits per heavy atom. The standard InChI is InChI=1S/C15H29N3S/c1-12-8-17-6-4-3-5-14(17)9-18(12)15(10-16)7-13(2)19-11-15/h12-14H,3-11,16H2,1-2H3. The number of piperidine rings is 1. The van der Waals surface area contributed by atoms with Crippen molar-refractivity contribution in [3.8, 4) is 0 Å². The van der Waals surface area contributed by atoms with Crippen LogP contribution in [0.1, 0.15) is 39.5 Å². The SMILES string of the molecule is CC1CC(CN)(N2CC3CCCCN3CC2C)CS1. The first-order chi connectivity index (χ1) is 9.14. The fourth-order valence-corrected chi connectivity index (χ4v) is 5.85. The predicted octanol–water partition coefficient (Wildman–Crippen LogP) is 1.77. The molecule has 3 saturated heterocycles. The van der Waals surface area contributed by atoms with Crippen LogP contribution >= 0.6 is 11.8 Å². The molecule has 4 heteroatoms. The van der Waals surface area contributed by atoms with E-state index >= 15 is 0 Å². The van der Waals surface area contributed by atoms with Crippen LogP contribution in [0, 0.1) is 0 Å². The van der Waals surface area contributed by atoms with Gasteiger partial charge in [0.2, 0.25) is 0 Å². The minimum absolute atomic E-state index is 0.285. The van der Waals surface area contributed by atoms with Crippen LogP contribution in [0.25, 0.3) is 0 Å². The number of nitrogens with zero attached hydrogens (tertiary/aromatic N) is 2. The molecule has 4 unspecified atom stereocenters. The van der Waals surface area contributed by atoms with E-state index in [2.05, 4.69) is 35.4 Å². The van der Waals surface area contributed by atoms with Crippen LogP contribution in [0.3, 0.4) is 0 Å². The van der Waals surface area contributed by atoms with Crippen molar-refractivity contribution in [3.05, 3.63) is 0 Å². The molecule has 0 aromatic carbocycles. The number of thioether (sulfide) groups is 1. The second-order valence-corrected chi connectivity index (χ2v) is 8.33. The van der Waals surface area contributed by atoms with Crippen molar-refractivity contribution >= 4 is 11.8 Å². The van der Waals surface area contributed by atoms with Crippen LogP contribution in [0.2, 0.25) is 0 Å². The van der Waals surface area contributed by atoms with Gasteiger partial charge >= 0.3 is 0 Å². The van der Waals surface area contributed by atoms with Gasteiger partial charge in [0.1, 0.15) is 0 Å². The van der Waals surface area contributed by atoms with Crippen LogP contribution in [-0.2, 0) is 0 Å². The lowest BCUT2D eigenvalue weighted by Crippen LogP contribution is -2.67. The average Bonchev–Trinajstić information content (AvgIpc) is 2.80. The lowest BCUT2D eigenvalue weighted by molar-refractivity contribution is -0.0373. The Morgan fingerprint density at radius 2 is 2.11 bits per heavy atom. The van der Waals surface area contributed by atoms with E-state index in [1.54, 1.807) is 0 Å². The molecule has 0 aromatic heterocycles. The van der Waals surface area contributed by atoms with Gasteiger partial charge in [0.15, 0.2) is 0 Å². The first-order valence-corrected chi connectivity index (χ1v) is 9.02. The Morgan fingerprint density at radius 1 is 1.26 bits per heavy atom. The molecule has 0 aliphatic carbocycles. The molecule has 0 radical (unpaired) electrons. The molecule has 3 aliphatic rings. The summed E-state index contributed by atoms with van der Waals surface area (Å²) in [7, 11) is 0. The molecule has 0 saturated carbocycles. The lowest BCUT2D eigenvalue weighted by atomic mass is 9.88. The van der Waals surface area contributed by atoms with Crippen molar-refractivity contribution in [1.82, 2.24) is 9.80 Å². The van der Waals surface area contributed by atoms with Gasteiger partial charge in [-0.2, -0.15) is 11.8 Å². The second-order valence-electron chi connectivity index (χ2n) is 6.90. The Kier molecular flexibility index (Phi) is 4.14. The van der Waals surface area contributed by atoms with Crippen LogP contribution in [0.15, 0.2) is 0 Å². The summed E-state index contributed by atoms with van der Waals surface area (Å²) in [5.74, 6) is 1.24. The Hall–Kier alpha value is 0.230. The summed E-state index contributed by atoms with van der Waals surface area (Å²) in [4.78, 5) is 5.52. The number of rotatable bonds is 2. The van der Waals surface area contributed by atoms with E-state index in [4.69, 9.17) is 5.73 Å². The summed E-state index contributed by atoms with van der Waals surface area (Å²) in [6, 6.07) is 1.47. The Bertz CT molecular complexity index is 325. The molecule has 2 N–H and O–H groups in total. The highest BCUT2D eigenvalue weighted by atomic mass is 32.2. The van der Waals surface area contributed by atoms with Crippen LogP contribution < -0.4 is 5.73 Å². The largest absolute Gasteiger partial charge is 0.329 e. The molecule has 3 fully saturated rings. The third kappa shape index (κ3) is 2.57.